The zero-order valence-electron chi connectivity index (χ0n) is 36.8. The van der Waals surface area contributed by atoms with Gasteiger partial charge in [-0.15, -0.1) is 0 Å². The van der Waals surface area contributed by atoms with Crippen molar-refractivity contribution in [3.05, 3.63) is 59.6 Å². The van der Waals surface area contributed by atoms with Gasteiger partial charge < -0.3 is 30.0 Å². The number of benzene rings is 1. The molecule has 0 bridgehead atoms. The number of pyridine rings is 1. The van der Waals surface area contributed by atoms with Gasteiger partial charge >= 0.3 is 0 Å². The maximum Gasteiger partial charge on any atom is 0.283 e. The number of morpholine rings is 1. The first-order valence-electron chi connectivity index (χ1n) is 23.0. The van der Waals surface area contributed by atoms with E-state index in [9.17, 15) is 32.8 Å². The lowest BCUT2D eigenvalue weighted by molar-refractivity contribution is -0.136. The number of hydrogen-bond donors (Lipinski definition) is 4. The zero-order valence-corrected chi connectivity index (χ0v) is 36.8. The first-order chi connectivity index (χ1) is 32.0. The van der Waals surface area contributed by atoms with Gasteiger partial charge in [-0.1, -0.05) is 6.07 Å². The van der Waals surface area contributed by atoms with E-state index in [-0.39, 0.29) is 53.4 Å². The number of oxazole rings is 1. The molecule has 6 aliphatic rings. The van der Waals surface area contributed by atoms with Crippen LogP contribution in [0.15, 0.2) is 57.2 Å². The number of nitrogens with one attached hydrogen (secondary N) is 4. The number of hydrogen-bond acceptors (Lipinski definition) is 15. The second-order valence-corrected chi connectivity index (χ2v) is 18.2. The van der Waals surface area contributed by atoms with Gasteiger partial charge in [-0.05, 0) is 94.5 Å². The standard InChI is InChI=1S/C46H55F2N11O7/c1-57(23-30-24-58(18-19-65-30)17-3-15-49-32-5-2-4-31-37(32)46(64)59(45(31)63)34-12-13-36(60)53-43(34)62)22-27-8-10-28(11-9-27)40-54-38(39(47)48)41(55-40)56-42(61)33-25-66-44(52-33)29-14-16-50-35(20-29)51-21-26-6-7-26/h2,4-5,14,16,20,25-28,30,34,39-40,49H,3,6-13,15,17-19,21-24H2,1H3,(H,50,51)(H,53,60,62)(H,55,56,61)/t27?,28?,30-,34?,40?/m1/s1. The molecule has 5 amide bonds. The second-order valence-electron chi connectivity index (χ2n) is 18.2. The highest BCUT2D eigenvalue weighted by atomic mass is 19.3. The maximum atomic E-state index is 14.2. The Morgan fingerprint density at radius 3 is 2.59 bits per heavy atom. The van der Waals surface area contributed by atoms with E-state index in [0.717, 1.165) is 76.3 Å². The first-order valence-corrected chi connectivity index (χ1v) is 23.0. The fourth-order valence-electron chi connectivity index (χ4n) is 9.62. The van der Waals surface area contributed by atoms with Crippen molar-refractivity contribution in [1.29, 1.82) is 0 Å². The topological polar surface area (TPSA) is 216 Å². The summed E-state index contributed by atoms with van der Waals surface area (Å²) in [4.78, 5) is 87.1. The number of rotatable bonds is 17. The highest BCUT2D eigenvalue weighted by Crippen LogP contribution is 2.36. The molecule has 20 heteroatoms. The number of carbonyl (C=O) groups is 5. The molecule has 4 N–H and O–H groups in total. The number of amidine groups is 1. The van der Waals surface area contributed by atoms with Crippen LogP contribution in [0.4, 0.5) is 20.3 Å². The van der Waals surface area contributed by atoms with E-state index in [1.54, 1.807) is 36.5 Å². The monoisotopic (exact) mass is 911 g/mol. The summed E-state index contributed by atoms with van der Waals surface area (Å²) < 4.78 is 40.1. The van der Waals surface area contributed by atoms with Crippen molar-refractivity contribution in [3.8, 4) is 11.5 Å². The Morgan fingerprint density at radius 1 is 0.985 bits per heavy atom. The molecule has 1 aromatic carbocycles. The number of fused-ring (bicyclic) bond motifs is 1. The molecule has 350 valence electrons. The summed E-state index contributed by atoms with van der Waals surface area (Å²) in [5.74, 6) is -1.12. The van der Waals surface area contributed by atoms with Gasteiger partial charge in [0, 0.05) is 75.6 Å². The normalized spacial score (nSPS) is 24.7. The minimum atomic E-state index is -2.91. The fourth-order valence-corrected chi connectivity index (χ4v) is 9.62. The summed E-state index contributed by atoms with van der Waals surface area (Å²) >= 11 is 0. The summed E-state index contributed by atoms with van der Waals surface area (Å²) in [5, 5.41) is 11.4. The van der Waals surface area contributed by atoms with Crippen LogP contribution in [-0.2, 0) is 14.3 Å². The van der Waals surface area contributed by atoms with Gasteiger partial charge in [0.2, 0.25) is 17.7 Å². The SMILES string of the molecule is CN(CC1CCC(C2N=C(NC(=O)c3coc(-c4ccnc(NCC5CC5)c4)n3)C(C(F)F)=N2)CC1)C[C@@H]1CN(CCCNc2cccc3c2C(=O)N(C2CCC(=O)NC2=O)C3=O)CCO1. The van der Waals surface area contributed by atoms with Crippen LogP contribution in [0.25, 0.3) is 11.5 Å². The van der Waals surface area contributed by atoms with Crippen LogP contribution in [0.1, 0.15) is 89.0 Å². The molecule has 2 aromatic heterocycles. The molecule has 6 heterocycles. The minimum Gasteiger partial charge on any atom is -0.444 e. The Bertz CT molecular complexity index is 2400. The number of ether oxygens (including phenoxy) is 1. The van der Waals surface area contributed by atoms with Crippen LogP contribution >= 0.6 is 0 Å². The first kappa shape index (κ1) is 45.2. The number of amides is 5. The molecular formula is C46H55F2N11O7. The van der Waals surface area contributed by atoms with E-state index < -0.39 is 53.9 Å². The Kier molecular flexibility index (Phi) is 13.6. The molecule has 0 spiro atoms. The van der Waals surface area contributed by atoms with Crippen molar-refractivity contribution in [2.45, 2.75) is 82.5 Å². The number of aliphatic imine (C=N–C) groups is 2. The zero-order chi connectivity index (χ0) is 45.9. The molecular weight excluding hydrogens is 857 g/mol. The predicted octanol–water partition coefficient (Wildman–Crippen LogP) is 4.08. The third-order valence-electron chi connectivity index (χ3n) is 13.3. The number of piperidine rings is 1. The summed E-state index contributed by atoms with van der Waals surface area (Å²) in [6, 6.07) is 7.55. The number of likely N-dealkylation sites (N-methyl/N-ethyl adjacent to an activating group) is 1. The molecule has 66 heavy (non-hydrogen) atoms. The molecule has 2 aliphatic carbocycles. The van der Waals surface area contributed by atoms with Crippen molar-refractivity contribution in [2.75, 3.05) is 70.1 Å². The number of imide groups is 2. The third-order valence-corrected chi connectivity index (χ3v) is 13.3. The van der Waals surface area contributed by atoms with Gasteiger partial charge in [0.15, 0.2) is 11.5 Å². The molecule has 4 fully saturated rings. The molecule has 3 atom stereocenters. The highest BCUT2D eigenvalue weighted by molar-refractivity contribution is 6.46. The predicted molar refractivity (Wildman–Crippen MR) is 238 cm³/mol. The smallest absolute Gasteiger partial charge is 0.283 e. The molecule has 4 aliphatic heterocycles. The number of nitrogens with zero attached hydrogens (tertiary/aromatic N) is 7. The highest BCUT2D eigenvalue weighted by Gasteiger charge is 2.46. The molecule has 2 saturated carbocycles. The van der Waals surface area contributed by atoms with Crippen molar-refractivity contribution in [1.82, 2.24) is 35.3 Å². The van der Waals surface area contributed by atoms with Crippen LogP contribution in [0.2, 0.25) is 0 Å². The lowest BCUT2D eigenvalue weighted by Crippen LogP contribution is -2.54. The van der Waals surface area contributed by atoms with Crippen molar-refractivity contribution in [2.24, 2.45) is 27.7 Å². The Labute approximate surface area is 380 Å². The molecule has 0 radical (unpaired) electrons. The largest absolute Gasteiger partial charge is 0.444 e. The van der Waals surface area contributed by atoms with Crippen LogP contribution in [0.3, 0.4) is 0 Å². The average Bonchev–Trinajstić information content (AvgIpc) is 3.71. The number of carbonyl (C=O) groups excluding carboxylic acids is 5. The average molecular weight is 912 g/mol. The van der Waals surface area contributed by atoms with Crippen LogP contribution < -0.4 is 21.3 Å². The fraction of sp³-hybridized carbons (Fsp3) is 0.543. The van der Waals surface area contributed by atoms with Gasteiger partial charge in [0.05, 0.1) is 23.8 Å². The Morgan fingerprint density at radius 2 is 1.80 bits per heavy atom. The number of halogens is 2. The van der Waals surface area contributed by atoms with Crippen LogP contribution in [0.5, 0.6) is 0 Å². The third kappa shape index (κ3) is 10.3. The van der Waals surface area contributed by atoms with Gasteiger partial charge in [-0.3, -0.25) is 44.1 Å². The molecule has 9 rings (SSSR count). The van der Waals surface area contributed by atoms with E-state index in [1.165, 1.54) is 19.1 Å². The molecule has 18 nitrogen and oxygen atoms in total. The molecule has 2 unspecified atom stereocenters. The van der Waals surface area contributed by atoms with Crippen molar-refractivity contribution in [3.63, 3.8) is 0 Å². The Hall–Kier alpha value is -5.99. The lowest BCUT2D eigenvalue weighted by Gasteiger charge is -2.36. The van der Waals surface area contributed by atoms with Crippen LogP contribution in [0, 0.1) is 17.8 Å². The van der Waals surface area contributed by atoms with E-state index >= 15 is 0 Å². The summed E-state index contributed by atoms with van der Waals surface area (Å²) in [6.07, 6.45) is 5.97. The van der Waals surface area contributed by atoms with E-state index in [1.807, 2.05) is 0 Å². The van der Waals surface area contributed by atoms with E-state index in [2.05, 4.69) is 58.1 Å². The van der Waals surface area contributed by atoms with E-state index in [4.69, 9.17) is 9.15 Å². The molecule has 3 aromatic rings. The summed E-state index contributed by atoms with van der Waals surface area (Å²) in [6.45, 7) is 6.03. The number of alkyl halides is 2. The van der Waals surface area contributed by atoms with Crippen LogP contribution in [-0.4, -0.2) is 150 Å². The minimum absolute atomic E-state index is 0.0224. The number of anilines is 2. The van der Waals surface area contributed by atoms with E-state index in [0.29, 0.717) is 42.1 Å². The quantitative estimate of drug-likeness (QED) is 0.111. The Balaban J connectivity index is 0.700. The molecule has 2 saturated heterocycles. The summed E-state index contributed by atoms with van der Waals surface area (Å²) in [7, 11) is 2.10. The van der Waals surface area contributed by atoms with Crippen molar-refractivity contribution >= 4 is 52.6 Å². The lowest BCUT2D eigenvalue weighted by atomic mass is 9.80. The van der Waals surface area contributed by atoms with Gasteiger partial charge in [0.1, 0.15) is 30.0 Å². The summed E-state index contributed by atoms with van der Waals surface area (Å²) in [5.41, 5.74) is 1.07. The van der Waals surface area contributed by atoms with Gasteiger partial charge in [-0.2, -0.15) is 0 Å². The van der Waals surface area contributed by atoms with Gasteiger partial charge in [-0.25, -0.2) is 23.7 Å². The second kappa shape index (κ2) is 19.9. The maximum absolute atomic E-state index is 14.2. The number of aromatic nitrogens is 2. The van der Waals surface area contributed by atoms with Crippen molar-refractivity contribution < 1.29 is 41.9 Å². The van der Waals surface area contributed by atoms with Gasteiger partial charge in [0.25, 0.3) is 24.1 Å².